The van der Waals surface area contributed by atoms with E-state index in [0.29, 0.717) is 5.88 Å². The van der Waals surface area contributed by atoms with Crippen LogP contribution in [0.5, 0.6) is 0 Å². The van der Waals surface area contributed by atoms with E-state index in [1.807, 2.05) is 5.38 Å². The summed E-state index contributed by atoms with van der Waals surface area (Å²) in [6.45, 7) is 0. The Kier molecular flexibility index (Phi) is 3.91. The van der Waals surface area contributed by atoms with Crippen LogP contribution >= 0.6 is 22.9 Å². The summed E-state index contributed by atoms with van der Waals surface area (Å²) in [5.74, 6) is 0.437. The van der Waals surface area contributed by atoms with Crippen molar-refractivity contribution < 1.29 is 4.39 Å². The van der Waals surface area contributed by atoms with Crippen molar-refractivity contribution in [1.82, 2.24) is 4.98 Å². The fourth-order valence-corrected chi connectivity index (χ4v) is 2.38. The monoisotopic (exact) mass is 255 g/mol. The summed E-state index contributed by atoms with van der Waals surface area (Å²) >= 11 is 7.25. The molecule has 2 rings (SSSR count). The molecule has 0 saturated heterocycles. The van der Waals surface area contributed by atoms with Gasteiger partial charge < -0.3 is 0 Å². The molecule has 4 heteroatoms. The number of halogens is 2. The molecule has 0 spiro atoms. The van der Waals surface area contributed by atoms with Crippen molar-refractivity contribution in [3.05, 3.63) is 40.5 Å². The van der Waals surface area contributed by atoms with E-state index in [9.17, 15) is 4.39 Å². The number of hydrogen-bond acceptors (Lipinski definition) is 2. The summed E-state index contributed by atoms with van der Waals surface area (Å²) in [5, 5.41) is 3.08. The Morgan fingerprint density at radius 3 is 2.69 bits per heavy atom. The molecule has 0 fully saturated rings. The fourth-order valence-electron chi connectivity index (χ4n) is 1.40. The minimum Gasteiger partial charge on any atom is -0.241 e. The van der Waals surface area contributed by atoms with Gasteiger partial charge in [-0.3, -0.25) is 0 Å². The zero-order valence-corrected chi connectivity index (χ0v) is 10.2. The molecule has 0 aliphatic heterocycles. The molecule has 0 radical (unpaired) electrons. The molecule has 0 N–H and O–H groups in total. The van der Waals surface area contributed by atoms with Crippen molar-refractivity contribution in [2.75, 3.05) is 5.88 Å². The first-order valence-electron chi connectivity index (χ1n) is 5.06. The molecule has 1 aromatic heterocycles. The Morgan fingerprint density at radius 2 is 2.00 bits per heavy atom. The molecule has 1 heterocycles. The highest BCUT2D eigenvalue weighted by molar-refractivity contribution is 7.09. The van der Waals surface area contributed by atoms with Crippen LogP contribution in [0.15, 0.2) is 29.6 Å². The second-order valence-electron chi connectivity index (χ2n) is 3.43. The number of nitrogens with zero attached hydrogens (tertiary/aromatic N) is 1. The highest BCUT2D eigenvalue weighted by Crippen LogP contribution is 2.22. The molecule has 1 aromatic carbocycles. The first kappa shape index (κ1) is 11.6. The summed E-state index contributed by atoms with van der Waals surface area (Å²) in [6.07, 6.45) is 1.85. The highest BCUT2D eigenvalue weighted by Gasteiger charge is 2.04. The van der Waals surface area contributed by atoms with Crippen LogP contribution in [0.4, 0.5) is 4.39 Å². The van der Waals surface area contributed by atoms with Gasteiger partial charge in [-0.2, -0.15) is 0 Å². The average Bonchev–Trinajstić information content (AvgIpc) is 2.76. The summed E-state index contributed by atoms with van der Waals surface area (Å²) in [7, 11) is 0. The van der Waals surface area contributed by atoms with Gasteiger partial charge in [-0.15, -0.1) is 22.9 Å². The lowest BCUT2D eigenvalue weighted by molar-refractivity contribution is 0.628. The average molecular weight is 256 g/mol. The second kappa shape index (κ2) is 5.41. The molecule has 0 unspecified atom stereocenters. The van der Waals surface area contributed by atoms with Gasteiger partial charge in [-0.25, -0.2) is 9.37 Å². The minimum atomic E-state index is -0.221. The molecular weight excluding hydrogens is 245 g/mol. The third-order valence-corrected chi connectivity index (χ3v) is 3.39. The molecule has 0 amide bonds. The SMILES string of the molecule is Fc1ccc(-c2csc(CCCCl)n2)cc1. The smallest absolute Gasteiger partial charge is 0.123 e. The van der Waals surface area contributed by atoms with Gasteiger partial charge in [0.25, 0.3) is 0 Å². The van der Waals surface area contributed by atoms with Gasteiger partial charge in [-0.1, -0.05) is 0 Å². The predicted molar refractivity (Wildman–Crippen MR) is 66.5 cm³/mol. The Labute approximate surface area is 103 Å². The van der Waals surface area contributed by atoms with Gasteiger partial charge in [0.15, 0.2) is 0 Å². The van der Waals surface area contributed by atoms with E-state index >= 15 is 0 Å². The molecule has 0 aliphatic rings. The van der Waals surface area contributed by atoms with Crippen LogP contribution in [0, 0.1) is 5.82 Å². The van der Waals surface area contributed by atoms with Crippen LogP contribution < -0.4 is 0 Å². The van der Waals surface area contributed by atoms with E-state index in [2.05, 4.69) is 4.98 Å². The third-order valence-electron chi connectivity index (χ3n) is 2.22. The number of rotatable bonds is 4. The third kappa shape index (κ3) is 2.80. The molecule has 16 heavy (non-hydrogen) atoms. The van der Waals surface area contributed by atoms with Crippen LogP contribution in [0.2, 0.25) is 0 Å². The van der Waals surface area contributed by atoms with Gasteiger partial charge >= 0.3 is 0 Å². The summed E-state index contributed by atoms with van der Waals surface area (Å²) in [4.78, 5) is 4.49. The quantitative estimate of drug-likeness (QED) is 0.749. The number of aryl methyl sites for hydroxylation is 1. The van der Waals surface area contributed by atoms with Crippen LogP contribution in [0.3, 0.4) is 0 Å². The summed E-state index contributed by atoms with van der Waals surface area (Å²) in [5.41, 5.74) is 1.87. The zero-order chi connectivity index (χ0) is 11.4. The van der Waals surface area contributed by atoms with E-state index < -0.39 is 0 Å². The van der Waals surface area contributed by atoms with E-state index in [0.717, 1.165) is 29.1 Å². The molecule has 0 bridgehead atoms. The second-order valence-corrected chi connectivity index (χ2v) is 4.75. The maximum absolute atomic E-state index is 12.7. The van der Waals surface area contributed by atoms with Gasteiger partial charge in [-0.05, 0) is 30.7 Å². The molecule has 0 saturated carbocycles. The van der Waals surface area contributed by atoms with E-state index in [-0.39, 0.29) is 5.82 Å². The normalized spacial score (nSPS) is 10.6. The lowest BCUT2D eigenvalue weighted by Gasteiger charge is -1.95. The van der Waals surface area contributed by atoms with Gasteiger partial charge in [0.2, 0.25) is 0 Å². The minimum absolute atomic E-state index is 0.221. The molecule has 0 atom stereocenters. The maximum Gasteiger partial charge on any atom is 0.123 e. The highest BCUT2D eigenvalue weighted by atomic mass is 35.5. The largest absolute Gasteiger partial charge is 0.241 e. The van der Waals surface area contributed by atoms with Crippen LogP contribution in [-0.4, -0.2) is 10.9 Å². The molecular formula is C12H11ClFNS. The number of alkyl halides is 1. The fraction of sp³-hybridized carbons (Fsp3) is 0.250. The lowest BCUT2D eigenvalue weighted by atomic mass is 10.2. The van der Waals surface area contributed by atoms with Crippen molar-refractivity contribution in [1.29, 1.82) is 0 Å². The zero-order valence-electron chi connectivity index (χ0n) is 8.62. The first-order valence-corrected chi connectivity index (χ1v) is 6.47. The van der Waals surface area contributed by atoms with Crippen molar-refractivity contribution in [3.8, 4) is 11.3 Å². The van der Waals surface area contributed by atoms with Crippen molar-refractivity contribution in [3.63, 3.8) is 0 Å². The van der Waals surface area contributed by atoms with E-state index in [4.69, 9.17) is 11.6 Å². The number of hydrogen-bond donors (Lipinski definition) is 0. The van der Waals surface area contributed by atoms with E-state index in [1.165, 1.54) is 12.1 Å². The van der Waals surface area contributed by atoms with Gasteiger partial charge in [0, 0.05) is 23.2 Å². The van der Waals surface area contributed by atoms with Crippen molar-refractivity contribution in [2.45, 2.75) is 12.8 Å². The Morgan fingerprint density at radius 1 is 1.25 bits per heavy atom. The number of aromatic nitrogens is 1. The van der Waals surface area contributed by atoms with Crippen LogP contribution in [0.25, 0.3) is 11.3 Å². The van der Waals surface area contributed by atoms with Gasteiger partial charge in [0.05, 0.1) is 10.7 Å². The standard InChI is InChI=1S/C12H11ClFNS/c13-7-1-2-12-15-11(8-16-12)9-3-5-10(14)6-4-9/h3-6,8H,1-2,7H2. The number of thiazole rings is 1. The summed E-state index contributed by atoms with van der Waals surface area (Å²) in [6, 6.07) is 6.39. The van der Waals surface area contributed by atoms with Crippen molar-refractivity contribution in [2.24, 2.45) is 0 Å². The first-order chi connectivity index (χ1) is 7.79. The summed E-state index contributed by atoms with van der Waals surface area (Å²) < 4.78 is 12.7. The maximum atomic E-state index is 12.7. The Bertz CT molecular complexity index is 452. The van der Waals surface area contributed by atoms with Crippen LogP contribution in [-0.2, 0) is 6.42 Å². The van der Waals surface area contributed by atoms with Crippen molar-refractivity contribution >= 4 is 22.9 Å². The van der Waals surface area contributed by atoms with E-state index in [1.54, 1.807) is 23.5 Å². The van der Waals surface area contributed by atoms with Gasteiger partial charge in [0.1, 0.15) is 5.82 Å². The van der Waals surface area contributed by atoms with Crippen LogP contribution in [0.1, 0.15) is 11.4 Å². The predicted octanol–water partition coefficient (Wildman–Crippen LogP) is 4.12. The number of benzene rings is 1. The molecule has 84 valence electrons. The molecule has 1 nitrogen and oxygen atoms in total. The Balaban J connectivity index is 2.15. The molecule has 0 aliphatic carbocycles. The Hall–Kier alpha value is -0.930. The topological polar surface area (TPSA) is 12.9 Å². The molecule has 2 aromatic rings. The lowest BCUT2D eigenvalue weighted by Crippen LogP contribution is -1.85.